The molecule has 0 saturated carbocycles. The first-order valence-corrected chi connectivity index (χ1v) is 18.4. The highest BCUT2D eigenvalue weighted by Gasteiger charge is 2.45. The van der Waals surface area contributed by atoms with Crippen LogP contribution in [0.15, 0.2) is 108 Å². The summed E-state index contributed by atoms with van der Waals surface area (Å²) >= 11 is 0. The highest BCUT2D eigenvalue weighted by molar-refractivity contribution is 6.02. The summed E-state index contributed by atoms with van der Waals surface area (Å²) in [5.74, 6) is 1.39. The molecule has 1 saturated heterocycles. The Morgan fingerprint density at radius 2 is 1.38 bits per heavy atom. The van der Waals surface area contributed by atoms with Gasteiger partial charge >= 0.3 is 0 Å². The van der Waals surface area contributed by atoms with Crippen molar-refractivity contribution in [2.75, 3.05) is 51.2 Å². The summed E-state index contributed by atoms with van der Waals surface area (Å²) in [6.07, 6.45) is 2.28. The second-order valence-corrected chi connectivity index (χ2v) is 15.1. The van der Waals surface area contributed by atoms with E-state index in [4.69, 9.17) is 14.2 Å². The van der Waals surface area contributed by atoms with Gasteiger partial charge in [-0.15, -0.1) is 0 Å². The van der Waals surface area contributed by atoms with Crippen molar-refractivity contribution in [1.82, 2.24) is 4.90 Å². The Kier molecular flexibility index (Phi) is 9.96. The van der Waals surface area contributed by atoms with Gasteiger partial charge in [-0.2, -0.15) is 0 Å². The van der Waals surface area contributed by atoms with Crippen molar-refractivity contribution in [3.05, 3.63) is 125 Å². The zero-order valence-corrected chi connectivity index (χ0v) is 31.2. The SMILES string of the molecule is COc1cc(OC)c(C2C3=C(CC(C)(C)CC3=O)Nc3ccccc3N2CC(=O)N2CCC(C(O)(c3ccccc3)c3ccccc3)CC2)cc1OC. The second kappa shape index (κ2) is 14.6. The maximum absolute atomic E-state index is 14.6. The molecule has 1 atom stereocenters. The molecule has 9 heteroatoms. The largest absolute Gasteiger partial charge is 0.496 e. The molecule has 4 aromatic carbocycles. The van der Waals surface area contributed by atoms with Gasteiger partial charge in [-0.05, 0) is 59.9 Å². The minimum atomic E-state index is -1.19. The van der Waals surface area contributed by atoms with Crippen LogP contribution < -0.4 is 24.4 Å². The van der Waals surface area contributed by atoms with E-state index in [-0.39, 0.29) is 29.6 Å². The molecule has 9 nitrogen and oxygen atoms in total. The zero-order chi connectivity index (χ0) is 37.3. The van der Waals surface area contributed by atoms with Crippen molar-refractivity contribution in [3.63, 3.8) is 0 Å². The molecule has 1 unspecified atom stereocenters. The van der Waals surface area contributed by atoms with Crippen molar-refractivity contribution < 1.29 is 28.9 Å². The number of rotatable bonds is 9. The molecule has 1 aliphatic carbocycles. The lowest BCUT2D eigenvalue weighted by molar-refractivity contribution is -0.132. The highest BCUT2D eigenvalue weighted by atomic mass is 16.5. The van der Waals surface area contributed by atoms with E-state index in [1.807, 2.05) is 101 Å². The predicted octanol–water partition coefficient (Wildman–Crippen LogP) is 7.50. The lowest BCUT2D eigenvalue weighted by Crippen LogP contribution is -2.49. The van der Waals surface area contributed by atoms with Gasteiger partial charge in [0, 0.05) is 42.4 Å². The summed E-state index contributed by atoms with van der Waals surface area (Å²) in [5, 5.41) is 16.1. The van der Waals surface area contributed by atoms with Crippen LogP contribution in [-0.2, 0) is 15.2 Å². The number of carbonyl (C=O) groups is 2. The number of carbonyl (C=O) groups excluding carboxylic acids is 2. The summed E-state index contributed by atoms with van der Waals surface area (Å²) < 4.78 is 17.4. The number of allylic oxidation sites excluding steroid dienone is 1. The van der Waals surface area contributed by atoms with E-state index in [1.54, 1.807) is 27.4 Å². The van der Waals surface area contributed by atoms with Crippen molar-refractivity contribution in [2.45, 2.75) is 51.2 Å². The molecule has 0 aromatic heterocycles. The van der Waals surface area contributed by atoms with E-state index in [2.05, 4.69) is 19.2 Å². The molecule has 0 radical (unpaired) electrons. The van der Waals surface area contributed by atoms with Crippen molar-refractivity contribution in [3.8, 4) is 17.2 Å². The number of likely N-dealkylation sites (tertiary alicyclic amines) is 1. The summed E-state index contributed by atoms with van der Waals surface area (Å²) in [7, 11) is 4.75. The quantitative estimate of drug-likeness (QED) is 0.184. The number of benzene rings is 4. The third kappa shape index (κ3) is 6.74. The Labute approximate surface area is 312 Å². The summed E-state index contributed by atoms with van der Waals surface area (Å²) in [6, 6.07) is 30.6. The van der Waals surface area contributed by atoms with Crippen LogP contribution in [-0.4, -0.2) is 62.7 Å². The minimum Gasteiger partial charge on any atom is -0.496 e. The van der Waals surface area contributed by atoms with Crippen LogP contribution in [0.25, 0.3) is 0 Å². The number of piperidine rings is 1. The maximum atomic E-state index is 14.6. The number of ketones is 1. The van der Waals surface area contributed by atoms with Gasteiger partial charge in [0.2, 0.25) is 5.91 Å². The number of aliphatic hydroxyl groups is 1. The average molecular weight is 716 g/mol. The Hall–Kier alpha value is -5.28. The standard InChI is InChI=1S/C44H49N3O6/c1-43(2)26-34-41(36(48)27-43)42(32-24-38(52-4)39(53-5)25-37(32)51-3)47(35-19-13-12-18-33(35)45-34)28-40(49)46-22-20-31(21-23-46)44(50,29-14-8-6-9-15-29)30-16-10-7-11-17-30/h6-19,24-25,31,42,45,50H,20-23,26-28H2,1-5H3. The van der Waals surface area contributed by atoms with Crippen LogP contribution in [0, 0.1) is 11.3 Å². The Balaban J connectivity index is 1.26. The van der Waals surface area contributed by atoms with Crippen molar-refractivity contribution in [2.24, 2.45) is 11.3 Å². The van der Waals surface area contributed by atoms with Gasteiger partial charge in [0.15, 0.2) is 17.3 Å². The number of methoxy groups -OCH3 is 3. The number of ether oxygens (including phenoxy) is 3. The maximum Gasteiger partial charge on any atom is 0.242 e. The number of para-hydroxylation sites is 2. The first-order valence-electron chi connectivity index (χ1n) is 18.4. The molecular formula is C44H49N3O6. The number of fused-ring (bicyclic) bond motifs is 1. The van der Waals surface area contributed by atoms with E-state index in [0.29, 0.717) is 67.2 Å². The smallest absolute Gasteiger partial charge is 0.242 e. The molecule has 2 heterocycles. The third-order valence-corrected chi connectivity index (χ3v) is 11.2. The fraction of sp³-hybridized carbons (Fsp3) is 0.364. The van der Waals surface area contributed by atoms with Crippen LogP contribution in [0.2, 0.25) is 0 Å². The topological polar surface area (TPSA) is 101 Å². The first-order chi connectivity index (χ1) is 25.6. The van der Waals surface area contributed by atoms with Crippen LogP contribution >= 0.6 is 0 Å². The van der Waals surface area contributed by atoms with Crippen molar-refractivity contribution in [1.29, 1.82) is 0 Å². The predicted molar refractivity (Wildman–Crippen MR) is 206 cm³/mol. The second-order valence-electron chi connectivity index (χ2n) is 15.1. The van der Waals surface area contributed by atoms with Crippen LogP contribution in [0.4, 0.5) is 11.4 Å². The lowest BCUT2D eigenvalue weighted by Gasteiger charge is -2.43. The molecule has 7 rings (SSSR count). The Bertz CT molecular complexity index is 1960. The molecule has 0 spiro atoms. The molecule has 4 aromatic rings. The third-order valence-electron chi connectivity index (χ3n) is 11.2. The van der Waals surface area contributed by atoms with Gasteiger partial charge in [-0.1, -0.05) is 86.6 Å². The molecule has 276 valence electrons. The van der Waals surface area contributed by atoms with E-state index in [1.165, 1.54) is 0 Å². The van der Waals surface area contributed by atoms with Gasteiger partial charge in [-0.25, -0.2) is 0 Å². The molecule has 2 aliphatic heterocycles. The summed E-state index contributed by atoms with van der Waals surface area (Å²) in [5.41, 5.74) is 4.05. The highest BCUT2D eigenvalue weighted by Crippen LogP contribution is 2.51. The number of hydrogen-bond donors (Lipinski definition) is 2. The van der Waals surface area contributed by atoms with E-state index in [0.717, 1.165) is 28.2 Å². The number of anilines is 2. The lowest BCUT2D eigenvalue weighted by atomic mass is 9.72. The first kappa shape index (κ1) is 36.1. The number of hydrogen-bond acceptors (Lipinski definition) is 8. The zero-order valence-electron chi connectivity index (χ0n) is 31.2. The van der Waals surface area contributed by atoms with Crippen LogP contribution in [0.1, 0.15) is 62.3 Å². The fourth-order valence-corrected chi connectivity index (χ4v) is 8.63. The Morgan fingerprint density at radius 1 is 0.811 bits per heavy atom. The molecule has 53 heavy (non-hydrogen) atoms. The van der Waals surface area contributed by atoms with Crippen LogP contribution in [0.3, 0.4) is 0 Å². The van der Waals surface area contributed by atoms with E-state index < -0.39 is 11.6 Å². The summed E-state index contributed by atoms with van der Waals surface area (Å²) in [6.45, 7) is 5.22. The van der Waals surface area contributed by atoms with Gasteiger partial charge in [0.1, 0.15) is 11.4 Å². The normalized spacial score (nSPS) is 18.8. The van der Waals surface area contributed by atoms with Gasteiger partial charge in [-0.3, -0.25) is 9.59 Å². The average Bonchev–Trinajstić information content (AvgIpc) is 3.31. The monoisotopic (exact) mass is 715 g/mol. The van der Waals surface area contributed by atoms with Crippen molar-refractivity contribution >= 4 is 23.1 Å². The van der Waals surface area contributed by atoms with Gasteiger partial charge in [0.25, 0.3) is 0 Å². The van der Waals surface area contributed by atoms with Gasteiger partial charge in [0.05, 0.1) is 45.3 Å². The molecular weight excluding hydrogens is 666 g/mol. The van der Waals surface area contributed by atoms with E-state index in [9.17, 15) is 14.7 Å². The van der Waals surface area contributed by atoms with E-state index >= 15 is 0 Å². The van der Waals surface area contributed by atoms with Gasteiger partial charge < -0.3 is 34.4 Å². The molecule has 1 amide bonds. The molecule has 0 bridgehead atoms. The van der Waals surface area contributed by atoms with Crippen LogP contribution in [0.5, 0.6) is 17.2 Å². The number of nitrogens with zero attached hydrogens (tertiary/aromatic N) is 2. The number of Topliss-reactive ketones (excluding diaryl/α,β-unsaturated/α-hetero) is 1. The minimum absolute atomic E-state index is 0.0145. The Morgan fingerprint density at radius 3 is 1.98 bits per heavy atom. The molecule has 2 N–H and O–H groups in total. The number of amides is 1. The molecule has 1 fully saturated rings. The number of nitrogens with one attached hydrogen (secondary N) is 1. The molecule has 3 aliphatic rings. The summed E-state index contributed by atoms with van der Waals surface area (Å²) in [4.78, 5) is 32.9. The fourth-order valence-electron chi connectivity index (χ4n) is 8.63.